The van der Waals surface area contributed by atoms with Gasteiger partial charge < -0.3 is 9.52 Å². The number of carboxylic acids is 1. The lowest BCUT2D eigenvalue weighted by Gasteiger charge is -2.10. The molecule has 0 spiro atoms. The van der Waals surface area contributed by atoms with Gasteiger partial charge >= 0.3 is 5.97 Å². The van der Waals surface area contributed by atoms with Crippen molar-refractivity contribution in [2.24, 2.45) is 11.8 Å². The van der Waals surface area contributed by atoms with E-state index < -0.39 is 11.9 Å². The van der Waals surface area contributed by atoms with Crippen molar-refractivity contribution in [3.63, 3.8) is 0 Å². The number of fused-ring (bicyclic) bond motifs is 1. The molecular formula is C15H16ClNO3. The monoisotopic (exact) mass is 293 g/mol. The summed E-state index contributed by atoms with van der Waals surface area (Å²) < 4.78 is 5.83. The number of carboxylic acid groups (broad SMARTS) is 1. The summed E-state index contributed by atoms with van der Waals surface area (Å²) in [6.45, 7) is 3.98. The smallest absolute Gasteiger partial charge is 0.307 e. The van der Waals surface area contributed by atoms with Gasteiger partial charge in [-0.1, -0.05) is 18.5 Å². The van der Waals surface area contributed by atoms with Gasteiger partial charge in [0, 0.05) is 10.9 Å². The Labute approximate surface area is 121 Å². The molecule has 4 nitrogen and oxygen atoms in total. The molecule has 1 aliphatic rings. The zero-order chi connectivity index (χ0) is 14.4. The Balaban J connectivity index is 2.06. The maximum atomic E-state index is 11.4. The molecule has 3 unspecified atom stereocenters. The maximum absolute atomic E-state index is 11.4. The Kier molecular flexibility index (Phi) is 3.21. The van der Waals surface area contributed by atoms with Crippen LogP contribution in [0.25, 0.3) is 11.1 Å². The second-order valence-corrected chi connectivity index (χ2v) is 6.19. The molecule has 1 aromatic carbocycles. The van der Waals surface area contributed by atoms with Crippen LogP contribution in [0.15, 0.2) is 16.5 Å². The minimum atomic E-state index is -0.767. The van der Waals surface area contributed by atoms with Gasteiger partial charge in [-0.2, -0.15) is 0 Å². The van der Waals surface area contributed by atoms with Crippen molar-refractivity contribution in [3.05, 3.63) is 28.6 Å². The Hall–Kier alpha value is -1.55. The lowest BCUT2D eigenvalue weighted by molar-refractivity contribution is -0.142. The fraction of sp³-hybridized carbons (Fsp3) is 0.467. The number of aromatic nitrogens is 1. The standard InChI is InChI=1S/C15H16ClNO3/c1-7-3-10(11(4-7)15(18)19)14-17-12-6-9(16)5-8(2)13(12)20-14/h5-7,10-11H,3-4H2,1-2H3,(H,18,19). The fourth-order valence-electron chi connectivity index (χ4n) is 3.17. The van der Waals surface area contributed by atoms with Crippen molar-refractivity contribution in [3.8, 4) is 0 Å². The molecule has 1 saturated carbocycles. The number of benzene rings is 1. The van der Waals surface area contributed by atoms with Crippen molar-refractivity contribution >= 4 is 28.7 Å². The van der Waals surface area contributed by atoms with E-state index in [2.05, 4.69) is 11.9 Å². The van der Waals surface area contributed by atoms with Crippen LogP contribution in [0.3, 0.4) is 0 Å². The molecule has 3 atom stereocenters. The highest BCUT2D eigenvalue weighted by molar-refractivity contribution is 6.31. The van der Waals surface area contributed by atoms with E-state index >= 15 is 0 Å². The van der Waals surface area contributed by atoms with Gasteiger partial charge in [0.15, 0.2) is 11.5 Å². The van der Waals surface area contributed by atoms with Crippen LogP contribution in [0, 0.1) is 18.8 Å². The number of hydrogen-bond donors (Lipinski definition) is 1. The van der Waals surface area contributed by atoms with Crippen LogP contribution < -0.4 is 0 Å². The van der Waals surface area contributed by atoms with Crippen LogP contribution in [-0.2, 0) is 4.79 Å². The number of carbonyl (C=O) groups is 1. The highest BCUT2D eigenvalue weighted by Crippen LogP contribution is 2.43. The van der Waals surface area contributed by atoms with Crippen LogP contribution in [0.2, 0.25) is 5.02 Å². The van der Waals surface area contributed by atoms with Crippen molar-refractivity contribution in [2.75, 3.05) is 0 Å². The molecule has 0 bridgehead atoms. The van der Waals surface area contributed by atoms with E-state index in [1.54, 1.807) is 6.07 Å². The van der Waals surface area contributed by atoms with Gasteiger partial charge in [-0.3, -0.25) is 4.79 Å². The molecular weight excluding hydrogens is 278 g/mol. The predicted molar refractivity (Wildman–Crippen MR) is 76.0 cm³/mol. The van der Waals surface area contributed by atoms with Crippen LogP contribution in [0.5, 0.6) is 0 Å². The van der Waals surface area contributed by atoms with E-state index in [4.69, 9.17) is 16.0 Å². The summed E-state index contributed by atoms with van der Waals surface area (Å²) >= 11 is 6.02. The number of aryl methyl sites for hydroxylation is 1. The third kappa shape index (κ3) is 2.18. The van der Waals surface area contributed by atoms with Crippen LogP contribution >= 0.6 is 11.6 Å². The van der Waals surface area contributed by atoms with E-state index in [9.17, 15) is 9.90 Å². The van der Waals surface area contributed by atoms with Gasteiger partial charge in [-0.15, -0.1) is 0 Å². The minimum Gasteiger partial charge on any atom is -0.481 e. The predicted octanol–water partition coefficient (Wildman–Crippen LogP) is 4.00. The van der Waals surface area contributed by atoms with Gasteiger partial charge in [-0.25, -0.2) is 4.98 Å². The second kappa shape index (κ2) is 4.77. The van der Waals surface area contributed by atoms with Crippen molar-refractivity contribution < 1.29 is 14.3 Å². The van der Waals surface area contributed by atoms with E-state index in [0.717, 1.165) is 12.0 Å². The summed E-state index contributed by atoms with van der Waals surface area (Å²) in [4.78, 5) is 15.8. The average molecular weight is 294 g/mol. The second-order valence-electron chi connectivity index (χ2n) is 5.75. The largest absolute Gasteiger partial charge is 0.481 e. The first-order valence-corrected chi connectivity index (χ1v) is 7.13. The highest BCUT2D eigenvalue weighted by atomic mass is 35.5. The van der Waals surface area contributed by atoms with Gasteiger partial charge in [0.05, 0.1) is 5.92 Å². The third-order valence-corrected chi connectivity index (χ3v) is 4.31. The molecule has 106 valence electrons. The molecule has 20 heavy (non-hydrogen) atoms. The molecule has 3 rings (SSSR count). The summed E-state index contributed by atoms with van der Waals surface area (Å²) in [5.74, 6) is -0.416. The van der Waals surface area contributed by atoms with Gasteiger partial charge in [-0.05, 0) is 43.4 Å². The Morgan fingerprint density at radius 2 is 2.20 bits per heavy atom. The van der Waals surface area contributed by atoms with Crippen molar-refractivity contribution in [1.29, 1.82) is 0 Å². The zero-order valence-electron chi connectivity index (χ0n) is 11.4. The summed E-state index contributed by atoms with van der Waals surface area (Å²) in [5.41, 5.74) is 2.32. The molecule has 1 fully saturated rings. The summed E-state index contributed by atoms with van der Waals surface area (Å²) in [6.07, 6.45) is 1.48. The number of nitrogens with zero attached hydrogens (tertiary/aromatic N) is 1. The van der Waals surface area contributed by atoms with Crippen molar-refractivity contribution in [2.45, 2.75) is 32.6 Å². The van der Waals surface area contributed by atoms with Crippen LogP contribution in [0.1, 0.15) is 37.1 Å². The Morgan fingerprint density at radius 3 is 2.90 bits per heavy atom. The summed E-state index contributed by atoms with van der Waals surface area (Å²) in [7, 11) is 0. The first kappa shape index (κ1) is 13.4. The molecule has 5 heteroatoms. The number of hydrogen-bond acceptors (Lipinski definition) is 3. The third-order valence-electron chi connectivity index (χ3n) is 4.09. The molecule has 0 amide bonds. The molecule has 2 aromatic rings. The number of rotatable bonds is 2. The van der Waals surface area contributed by atoms with Crippen LogP contribution in [0.4, 0.5) is 0 Å². The summed E-state index contributed by atoms with van der Waals surface area (Å²) in [6, 6.07) is 3.58. The van der Waals surface area contributed by atoms with E-state index in [1.165, 1.54) is 0 Å². The Bertz CT molecular complexity index is 679. The fourth-order valence-corrected chi connectivity index (χ4v) is 3.44. The topological polar surface area (TPSA) is 63.3 Å². The quantitative estimate of drug-likeness (QED) is 0.909. The molecule has 1 aliphatic carbocycles. The van der Waals surface area contributed by atoms with Gasteiger partial charge in [0.1, 0.15) is 5.52 Å². The normalized spacial score (nSPS) is 26.2. The molecule has 0 saturated heterocycles. The SMILES string of the molecule is Cc1cc(Cl)cc2nc(C3CC(C)CC3C(=O)O)oc12. The first-order chi connectivity index (χ1) is 9.45. The first-order valence-electron chi connectivity index (χ1n) is 6.75. The highest BCUT2D eigenvalue weighted by Gasteiger charge is 2.40. The molecule has 1 N–H and O–H groups in total. The lowest BCUT2D eigenvalue weighted by Crippen LogP contribution is -2.17. The molecule has 1 heterocycles. The minimum absolute atomic E-state index is 0.145. The van der Waals surface area contributed by atoms with Crippen LogP contribution in [-0.4, -0.2) is 16.1 Å². The van der Waals surface area contributed by atoms with Crippen molar-refractivity contribution in [1.82, 2.24) is 4.98 Å². The number of halogens is 1. The molecule has 1 aromatic heterocycles. The van der Waals surface area contributed by atoms with E-state index in [0.29, 0.717) is 34.4 Å². The molecule has 0 aliphatic heterocycles. The van der Waals surface area contributed by atoms with E-state index in [1.807, 2.05) is 13.0 Å². The molecule has 0 radical (unpaired) electrons. The zero-order valence-corrected chi connectivity index (χ0v) is 12.1. The number of aliphatic carboxylic acids is 1. The lowest BCUT2D eigenvalue weighted by atomic mass is 9.96. The number of oxazole rings is 1. The summed E-state index contributed by atoms with van der Waals surface area (Å²) in [5, 5.41) is 9.96. The average Bonchev–Trinajstić information content (AvgIpc) is 2.92. The van der Waals surface area contributed by atoms with Gasteiger partial charge in [0.25, 0.3) is 0 Å². The van der Waals surface area contributed by atoms with E-state index in [-0.39, 0.29) is 5.92 Å². The maximum Gasteiger partial charge on any atom is 0.307 e. The Morgan fingerprint density at radius 1 is 1.45 bits per heavy atom. The van der Waals surface area contributed by atoms with Gasteiger partial charge in [0.2, 0.25) is 0 Å².